The maximum Gasteiger partial charge on any atom is 0.309 e. The van der Waals surface area contributed by atoms with Crippen LogP contribution >= 0.6 is 15.9 Å². The fourth-order valence-electron chi connectivity index (χ4n) is 1.81. The molecule has 0 atom stereocenters. The minimum Gasteiger partial charge on any atom is -0.497 e. The van der Waals surface area contributed by atoms with E-state index in [1.54, 1.807) is 7.11 Å². The van der Waals surface area contributed by atoms with Gasteiger partial charge >= 0.3 is 5.97 Å². The van der Waals surface area contributed by atoms with Crippen LogP contribution < -0.4 is 4.74 Å². The molecule has 5 nitrogen and oxygen atoms in total. The zero-order valence-corrected chi connectivity index (χ0v) is 12.1. The van der Waals surface area contributed by atoms with Gasteiger partial charge < -0.3 is 14.4 Å². The van der Waals surface area contributed by atoms with Crippen LogP contribution in [0.4, 0.5) is 0 Å². The van der Waals surface area contributed by atoms with Gasteiger partial charge in [-0.1, -0.05) is 12.1 Å². The summed E-state index contributed by atoms with van der Waals surface area (Å²) in [4.78, 5) is 15.2. The molecule has 0 amide bonds. The number of ether oxygens (including phenoxy) is 1. The van der Waals surface area contributed by atoms with Crippen molar-refractivity contribution in [2.75, 3.05) is 7.11 Å². The van der Waals surface area contributed by atoms with Gasteiger partial charge in [0.2, 0.25) is 0 Å². The molecular formula is C13H13BrN2O3. The SMILES string of the molecule is COc1cccc(-c2nc(CC(=O)O)c(Br)n2C)c1. The van der Waals surface area contributed by atoms with Crippen LogP contribution in [0.15, 0.2) is 28.9 Å². The number of hydrogen-bond acceptors (Lipinski definition) is 3. The third-order valence-electron chi connectivity index (χ3n) is 2.74. The van der Waals surface area contributed by atoms with Crippen LogP contribution in [0.25, 0.3) is 11.4 Å². The van der Waals surface area contributed by atoms with Crippen molar-refractivity contribution in [2.45, 2.75) is 6.42 Å². The molecule has 0 saturated heterocycles. The lowest BCUT2D eigenvalue weighted by Gasteiger charge is -2.04. The van der Waals surface area contributed by atoms with E-state index in [-0.39, 0.29) is 6.42 Å². The number of aliphatic carboxylic acids is 1. The largest absolute Gasteiger partial charge is 0.497 e. The normalized spacial score (nSPS) is 10.5. The second kappa shape index (κ2) is 5.44. The Labute approximate surface area is 119 Å². The first kappa shape index (κ1) is 13.6. The molecule has 0 aliphatic rings. The maximum atomic E-state index is 10.8. The Bertz CT molecular complexity index is 622. The van der Waals surface area contributed by atoms with E-state index < -0.39 is 5.97 Å². The van der Waals surface area contributed by atoms with E-state index in [1.807, 2.05) is 35.9 Å². The van der Waals surface area contributed by atoms with Crippen molar-refractivity contribution in [1.29, 1.82) is 0 Å². The Hall–Kier alpha value is -1.82. The molecule has 0 aliphatic carbocycles. The molecule has 6 heteroatoms. The Morgan fingerprint density at radius 2 is 2.26 bits per heavy atom. The van der Waals surface area contributed by atoms with Crippen LogP contribution in [-0.2, 0) is 18.3 Å². The molecule has 0 bridgehead atoms. The second-order valence-electron chi connectivity index (χ2n) is 4.03. The zero-order chi connectivity index (χ0) is 14.0. The number of carboxylic acids is 1. The summed E-state index contributed by atoms with van der Waals surface area (Å²) in [7, 11) is 3.43. The highest BCUT2D eigenvalue weighted by Gasteiger charge is 2.16. The predicted molar refractivity (Wildman–Crippen MR) is 74.2 cm³/mol. The van der Waals surface area contributed by atoms with Crippen molar-refractivity contribution in [2.24, 2.45) is 7.05 Å². The first-order chi connectivity index (χ1) is 9.02. The lowest BCUT2D eigenvalue weighted by molar-refractivity contribution is -0.136. The summed E-state index contributed by atoms with van der Waals surface area (Å²) in [6, 6.07) is 7.48. The molecule has 1 aromatic carbocycles. The average molecular weight is 325 g/mol. The van der Waals surface area contributed by atoms with Crippen molar-refractivity contribution in [3.63, 3.8) is 0 Å². The Kier molecular flexibility index (Phi) is 3.90. The fourth-order valence-corrected chi connectivity index (χ4v) is 2.21. The molecule has 100 valence electrons. The van der Waals surface area contributed by atoms with Gasteiger partial charge in [0.05, 0.1) is 19.2 Å². The number of methoxy groups -OCH3 is 1. The van der Waals surface area contributed by atoms with E-state index in [2.05, 4.69) is 20.9 Å². The number of hydrogen-bond donors (Lipinski definition) is 1. The van der Waals surface area contributed by atoms with Crippen molar-refractivity contribution >= 4 is 21.9 Å². The van der Waals surface area contributed by atoms with Crippen LogP contribution in [-0.4, -0.2) is 27.7 Å². The van der Waals surface area contributed by atoms with Crippen LogP contribution in [0.5, 0.6) is 5.75 Å². The molecule has 2 aromatic rings. The van der Waals surface area contributed by atoms with Crippen LogP contribution in [0.3, 0.4) is 0 Å². The molecule has 0 aliphatic heterocycles. The minimum atomic E-state index is -0.906. The second-order valence-corrected chi connectivity index (χ2v) is 4.79. The number of imidazole rings is 1. The molecule has 0 spiro atoms. The van der Waals surface area contributed by atoms with Gasteiger partial charge in [0.15, 0.2) is 0 Å². The highest BCUT2D eigenvalue weighted by atomic mass is 79.9. The molecule has 0 saturated carbocycles. The molecule has 0 radical (unpaired) electrons. The van der Waals surface area contributed by atoms with E-state index in [4.69, 9.17) is 9.84 Å². The zero-order valence-electron chi connectivity index (χ0n) is 10.6. The highest BCUT2D eigenvalue weighted by Crippen LogP contribution is 2.27. The van der Waals surface area contributed by atoms with Gasteiger partial charge in [0, 0.05) is 12.6 Å². The van der Waals surface area contributed by atoms with E-state index in [9.17, 15) is 4.79 Å². The summed E-state index contributed by atoms with van der Waals surface area (Å²) in [5.41, 5.74) is 1.38. The summed E-state index contributed by atoms with van der Waals surface area (Å²) in [5, 5.41) is 8.85. The number of benzene rings is 1. The lowest BCUT2D eigenvalue weighted by Crippen LogP contribution is -2.01. The van der Waals surface area contributed by atoms with Crippen molar-refractivity contribution in [3.8, 4) is 17.1 Å². The van der Waals surface area contributed by atoms with Gasteiger partial charge in [-0.25, -0.2) is 4.98 Å². The van der Waals surface area contributed by atoms with Crippen LogP contribution in [0.2, 0.25) is 0 Å². The third-order valence-corrected chi connectivity index (χ3v) is 3.73. The van der Waals surface area contributed by atoms with Crippen molar-refractivity contribution < 1.29 is 14.6 Å². The van der Waals surface area contributed by atoms with Crippen molar-refractivity contribution in [3.05, 3.63) is 34.6 Å². The average Bonchev–Trinajstić information content (AvgIpc) is 2.67. The molecule has 1 heterocycles. The van der Waals surface area contributed by atoms with Crippen LogP contribution in [0, 0.1) is 0 Å². The Morgan fingerprint density at radius 1 is 1.53 bits per heavy atom. The molecule has 1 aromatic heterocycles. The number of nitrogens with zero attached hydrogens (tertiary/aromatic N) is 2. The van der Waals surface area contributed by atoms with Gasteiger partial charge in [-0.2, -0.15) is 0 Å². The first-order valence-corrected chi connectivity index (χ1v) is 6.39. The Morgan fingerprint density at radius 3 is 2.89 bits per heavy atom. The number of carboxylic acid groups (broad SMARTS) is 1. The number of carbonyl (C=O) groups is 1. The third kappa shape index (κ3) is 2.78. The lowest BCUT2D eigenvalue weighted by atomic mass is 10.2. The van der Waals surface area contributed by atoms with Gasteiger partial charge in [0.1, 0.15) is 16.2 Å². The van der Waals surface area contributed by atoms with Gasteiger partial charge in [-0.15, -0.1) is 0 Å². The van der Waals surface area contributed by atoms with Crippen LogP contribution in [0.1, 0.15) is 5.69 Å². The number of aromatic nitrogens is 2. The predicted octanol–water partition coefficient (Wildman–Crippen LogP) is 2.49. The molecule has 19 heavy (non-hydrogen) atoms. The smallest absolute Gasteiger partial charge is 0.309 e. The van der Waals surface area contributed by atoms with E-state index in [0.717, 1.165) is 11.3 Å². The van der Waals surface area contributed by atoms with Gasteiger partial charge in [0.25, 0.3) is 0 Å². The van der Waals surface area contributed by atoms with Gasteiger partial charge in [-0.3, -0.25) is 4.79 Å². The first-order valence-electron chi connectivity index (χ1n) is 5.60. The van der Waals surface area contributed by atoms with E-state index >= 15 is 0 Å². The Balaban J connectivity index is 2.47. The molecule has 2 rings (SSSR count). The maximum absolute atomic E-state index is 10.8. The van der Waals surface area contributed by atoms with E-state index in [1.165, 1.54) is 0 Å². The highest BCUT2D eigenvalue weighted by molar-refractivity contribution is 9.10. The monoisotopic (exact) mass is 324 g/mol. The summed E-state index contributed by atoms with van der Waals surface area (Å²) in [6.07, 6.45) is -0.113. The van der Waals surface area contributed by atoms with E-state index in [0.29, 0.717) is 16.1 Å². The molecule has 1 N–H and O–H groups in total. The van der Waals surface area contributed by atoms with Gasteiger partial charge in [-0.05, 0) is 28.1 Å². The minimum absolute atomic E-state index is 0.113. The summed E-state index contributed by atoms with van der Waals surface area (Å²) < 4.78 is 7.66. The molecule has 0 unspecified atom stereocenters. The standard InChI is InChI=1S/C13H13BrN2O3/c1-16-12(14)10(7-11(17)18)15-13(16)8-4-3-5-9(6-8)19-2/h3-6H,7H2,1-2H3,(H,17,18). The number of rotatable bonds is 4. The quantitative estimate of drug-likeness (QED) is 0.938. The molecule has 0 fully saturated rings. The van der Waals surface area contributed by atoms with Crippen molar-refractivity contribution in [1.82, 2.24) is 9.55 Å². The molecular weight excluding hydrogens is 312 g/mol. The number of halogens is 1. The summed E-state index contributed by atoms with van der Waals surface area (Å²) in [6.45, 7) is 0. The fraction of sp³-hybridized carbons (Fsp3) is 0.231. The topological polar surface area (TPSA) is 64.3 Å². The summed E-state index contributed by atoms with van der Waals surface area (Å²) in [5.74, 6) is 0.523. The summed E-state index contributed by atoms with van der Waals surface area (Å²) >= 11 is 3.37.